The number of hydrogen-bond acceptors (Lipinski definition) is 3. The maximum atomic E-state index is 5.12. The number of aromatic nitrogens is 2. The number of rotatable bonds is 5. The highest BCUT2D eigenvalue weighted by Gasteiger charge is 2.19. The van der Waals surface area contributed by atoms with E-state index in [0.717, 1.165) is 24.0 Å². The second-order valence-electron chi connectivity index (χ2n) is 4.65. The van der Waals surface area contributed by atoms with Gasteiger partial charge in [0.25, 0.3) is 0 Å². The molecule has 1 fully saturated rings. The van der Waals surface area contributed by atoms with E-state index in [1.54, 1.807) is 13.3 Å². The fraction of sp³-hybridized carbons (Fsp3) is 0.357. The van der Waals surface area contributed by atoms with Crippen molar-refractivity contribution in [2.45, 2.75) is 25.4 Å². The van der Waals surface area contributed by atoms with Gasteiger partial charge in [0.1, 0.15) is 0 Å². The zero-order valence-corrected chi connectivity index (χ0v) is 10.5. The van der Waals surface area contributed by atoms with Crippen molar-refractivity contribution in [1.82, 2.24) is 15.1 Å². The van der Waals surface area contributed by atoms with Gasteiger partial charge in [-0.3, -0.25) is 0 Å². The summed E-state index contributed by atoms with van der Waals surface area (Å²) in [5.41, 5.74) is 2.36. The maximum absolute atomic E-state index is 5.12. The lowest BCUT2D eigenvalue weighted by atomic mass is 10.2. The van der Waals surface area contributed by atoms with Crippen LogP contribution in [-0.2, 0) is 6.54 Å². The van der Waals surface area contributed by atoms with Crippen molar-refractivity contribution in [1.29, 1.82) is 0 Å². The van der Waals surface area contributed by atoms with Crippen molar-refractivity contribution in [2.75, 3.05) is 7.11 Å². The minimum atomic E-state index is 0.750. The molecule has 0 aliphatic heterocycles. The molecular formula is C14H17N3O. The summed E-state index contributed by atoms with van der Waals surface area (Å²) in [4.78, 5) is 0. The van der Waals surface area contributed by atoms with Crippen molar-refractivity contribution in [3.05, 3.63) is 42.2 Å². The normalized spacial score (nSPS) is 14.7. The predicted octanol–water partition coefficient (Wildman–Crippen LogP) is 2.13. The van der Waals surface area contributed by atoms with E-state index in [1.807, 2.05) is 10.9 Å². The van der Waals surface area contributed by atoms with Gasteiger partial charge in [-0.1, -0.05) is 12.1 Å². The van der Waals surface area contributed by atoms with Crippen LogP contribution >= 0.6 is 0 Å². The van der Waals surface area contributed by atoms with E-state index in [9.17, 15) is 0 Å². The number of nitrogens with zero attached hydrogens (tertiary/aromatic N) is 2. The standard InChI is InChI=1S/C14H17N3O/c1-18-14-9-16-17(10-14)13-6-2-11(3-7-13)8-15-12-4-5-12/h2-3,6-7,9-10,12,15H,4-5,8H2,1H3. The third kappa shape index (κ3) is 2.54. The van der Waals surface area contributed by atoms with Crippen LogP contribution in [0.2, 0.25) is 0 Å². The summed E-state index contributed by atoms with van der Waals surface area (Å²) in [7, 11) is 1.65. The van der Waals surface area contributed by atoms with Crippen LogP contribution in [0.15, 0.2) is 36.7 Å². The summed E-state index contributed by atoms with van der Waals surface area (Å²) < 4.78 is 6.93. The molecule has 1 heterocycles. The zero-order valence-electron chi connectivity index (χ0n) is 10.5. The lowest BCUT2D eigenvalue weighted by molar-refractivity contribution is 0.414. The van der Waals surface area contributed by atoms with Gasteiger partial charge in [0.05, 0.1) is 25.2 Å². The van der Waals surface area contributed by atoms with E-state index in [0.29, 0.717) is 0 Å². The molecule has 3 rings (SSSR count). The molecule has 1 saturated carbocycles. The first-order valence-corrected chi connectivity index (χ1v) is 6.26. The second kappa shape index (κ2) is 4.82. The molecule has 0 amide bonds. The Morgan fingerprint density at radius 1 is 1.33 bits per heavy atom. The van der Waals surface area contributed by atoms with Crippen molar-refractivity contribution < 1.29 is 4.74 Å². The van der Waals surface area contributed by atoms with Gasteiger partial charge in [0, 0.05) is 12.6 Å². The van der Waals surface area contributed by atoms with E-state index in [4.69, 9.17) is 4.74 Å². The molecule has 0 atom stereocenters. The summed E-state index contributed by atoms with van der Waals surface area (Å²) >= 11 is 0. The van der Waals surface area contributed by atoms with Crippen molar-refractivity contribution in [3.8, 4) is 11.4 Å². The van der Waals surface area contributed by atoms with Crippen LogP contribution in [0.4, 0.5) is 0 Å². The first kappa shape index (κ1) is 11.3. The summed E-state index contributed by atoms with van der Waals surface area (Å²) in [6, 6.07) is 9.19. The molecular weight excluding hydrogens is 226 g/mol. The van der Waals surface area contributed by atoms with Crippen LogP contribution in [0, 0.1) is 0 Å². The Morgan fingerprint density at radius 2 is 2.11 bits per heavy atom. The molecule has 0 spiro atoms. The number of methoxy groups -OCH3 is 1. The number of ether oxygens (including phenoxy) is 1. The van der Waals surface area contributed by atoms with E-state index < -0.39 is 0 Å². The van der Waals surface area contributed by atoms with Crippen LogP contribution in [0.3, 0.4) is 0 Å². The van der Waals surface area contributed by atoms with Gasteiger partial charge in [-0.2, -0.15) is 5.10 Å². The minimum absolute atomic E-state index is 0.750. The minimum Gasteiger partial charge on any atom is -0.493 e. The molecule has 0 bridgehead atoms. The monoisotopic (exact) mass is 243 g/mol. The summed E-state index contributed by atoms with van der Waals surface area (Å²) in [6.07, 6.45) is 6.23. The smallest absolute Gasteiger partial charge is 0.157 e. The van der Waals surface area contributed by atoms with Gasteiger partial charge in [0.2, 0.25) is 0 Å². The molecule has 0 unspecified atom stereocenters. The Kier molecular flexibility index (Phi) is 3.02. The van der Waals surface area contributed by atoms with Crippen LogP contribution in [0.1, 0.15) is 18.4 Å². The molecule has 1 aliphatic carbocycles. The van der Waals surface area contributed by atoms with Gasteiger partial charge in [-0.05, 0) is 30.5 Å². The Bertz CT molecular complexity index is 514. The van der Waals surface area contributed by atoms with Crippen molar-refractivity contribution >= 4 is 0 Å². The highest BCUT2D eigenvalue weighted by Crippen LogP contribution is 2.19. The summed E-state index contributed by atoms with van der Waals surface area (Å²) in [6.45, 7) is 0.952. The zero-order chi connectivity index (χ0) is 12.4. The van der Waals surface area contributed by atoms with Gasteiger partial charge in [-0.15, -0.1) is 0 Å². The fourth-order valence-corrected chi connectivity index (χ4v) is 1.87. The molecule has 0 saturated heterocycles. The van der Waals surface area contributed by atoms with E-state index in [1.165, 1.54) is 18.4 Å². The molecule has 94 valence electrons. The fourth-order valence-electron chi connectivity index (χ4n) is 1.87. The Morgan fingerprint density at radius 3 is 2.72 bits per heavy atom. The third-order valence-corrected chi connectivity index (χ3v) is 3.17. The molecule has 0 radical (unpaired) electrons. The van der Waals surface area contributed by atoms with Crippen molar-refractivity contribution in [2.24, 2.45) is 0 Å². The van der Waals surface area contributed by atoms with Crippen LogP contribution in [0.25, 0.3) is 5.69 Å². The van der Waals surface area contributed by atoms with E-state index >= 15 is 0 Å². The topological polar surface area (TPSA) is 39.1 Å². The molecule has 4 nitrogen and oxygen atoms in total. The molecule has 1 aromatic carbocycles. The first-order valence-electron chi connectivity index (χ1n) is 6.26. The molecule has 1 aliphatic rings. The second-order valence-corrected chi connectivity index (χ2v) is 4.65. The molecule has 4 heteroatoms. The SMILES string of the molecule is COc1cnn(-c2ccc(CNC3CC3)cc2)c1. The van der Waals surface area contributed by atoms with Gasteiger partial charge >= 0.3 is 0 Å². The Balaban J connectivity index is 1.69. The predicted molar refractivity (Wildman–Crippen MR) is 70.0 cm³/mol. The summed E-state index contributed by atoms with van der Waals surface area (Å²) in [5, 5.41) is 7.75. The Hall–Kier alpha value is -1.81. The average Bonchev–Trinajstić information content (AvgIpc) is 3.12. The van der Waals surface area contributed by atoms with Gasteiger partial charge < -0.3 is 10.1 Å². The number of hydrogen-bond donors (Lipinski definition) is 1. The quantitative estimate of drug-likeness (QED) is 0.874. The molecule has 2 aromatic rings. The highest BCUT2D eigenvalue weighted by atomic mass is 16.5. The number of benzene rings is 1. The van der Waals surface area contributed by atoms with Gasteiger partial charge in [0.15, 0.2) is 5.75 Å². The average molecular weight is 243 g/mol. The van der Waals surface area contributed by atoms with Crippen molar-refractivity contribution in [3.63, 3.8) is 0 Å². The van der Waals surface area contributed by atoms with Crippen LogP contribution in [0.5, 0.6) is 5.75 Å². The molecule has 1 N–H and O–H groups in total. The maximum Gasteiger partial charge on any atom is 0.157 e. The number of nitrogens with one attached hydrogen (secondary N) is 1. The van der Waals surface area contributed by atoms with Gasteiger partial charge in [-0.25, -0.2) is 4.68 Å². The highest BCUT2D eigenvalue weighted by molar-refractivity contribution is 5.35. The first-order chi connectivity index (χ1) is 8.85. The molecule has 1 aromatic heterocycles. The van der Waals surface area contributed by atoms with Crippen LogP contribution < -0.4 is 10.1 Å². The molecule has 18 heavy (non-hydrogen) atoms. The van der Waals surface area contributed by atoms with Crippen LogP contribution in [-0.4, -0.2) is 22.9 Å². The van der Waals surface area contributed by atoms with E-state index in [-0.39, 0.29) is 0 Å². The lowest BCUT2D eigenvalue weighted by Gasteiger charge is -2.05. The summed E-state index contributed by atoms with van der Waals surface area (Å²) in [5.74, 6) is 0.773. The van der Waals surface area contributed by atoms with E-state index in [2.05, 4.69) is 34.7 Å². The lowest BCUT2D eigenvalue weighted by Crippen LogP contribution is -2.15. The largest absolute Gasteiger partial charge is 0.493 e. The third-order valence-electron chi connectivity index (χ3n) is 3.17. The Labute approximate surface area is 107 Å².